The number of carbonyl (C=O) groups excluding carboxylic acids is 2. The predicted molar refractivity (Wildman–Crippen MR) is 182 cm³/mol. The number of aliphatic hydroxyl groups excluding tert-OH is 1. The summed E-state index contributed by atoms with van der Waals surface area (Å²) in [6, 6.07) is 5.81. The van der Waals surface area contributed by atoms with Crippen molar-refractivity contribution >= 4 is 11.9 Å². The number of para-hydroxylation sites is 1. The van der Waals surface area contributed by atoms with Gasteiger partial charge in [-0.15, -0.1) is 0 Å². The lowest BCUT2D eigenvalue weighted by Gasteiger charge is -2.23. The van der Waals surface area contributed by atoms with Crippen molar-refractivity contribution in [3.8, 4) is 5.75 Å². The molecule has 0 saturated carbocycles. The highest BCUT2D eigenvalue weighted by Crippen LogP contribution is 2.21. The van der Waals surface area contributed by atoms with Gasteiger partial charge in [-0.2, -0.15) is 0 Å². The molecule has 6 nitrogen and oxygen atoms in total. The van der Waals surface area contributed by atoms with Crippen LogP contribution in [0.2, 0.25) is 0 Å². The highest BCUT2D eigenvalue weighted by molar-refractivity contribution is 5.93. The molecule has 242 valence electrons. The summed E-state index contributed by atoms with van der Waals surface area (Å²) in [5.41, 5.74) is 0.197. The molecule has 1 rings (SSSR count). The molecule has 2 unspecified atom stereocenters. The number of benzene rings is 1. The van der Waals surface area contributed by atoms with Gasteiger partial charge in [0.1, 0.15) is 23.6 Å². The average molecular weight is 606 g/mol. The lowest BCUT2D eigenvalue weighted by Crippen LogP contribution is -2.46. The molecule has 0 heterocycles. The number of carbonyl (C=O) groups is 2. The molecule has 0 saturated heterocycles. The Bertz CT molecular complexity index is 1100. The number of ether oxygens (including phenoxy) is 2. The largest absolute Gasteiger partial charge is 0.462 e. The quantitative estimate of drug-likeness (QED) is 0.0426. The van der Waals surface area contributed by atoms with Gasteiger partial charge in [-0.3, -0.25) is 5.32 Å². The number of rotatable bonds is 23. The summed E-state index contributed by atoms with van der Waals surface area (Å²) < 4.78 is 10.7. The molecule has 0 aromatic heterocycles. The molecule has 0 amide bonds. The third kappa shape index (κ3) is 19.7. The van der Waals surface area contributed by atoms with Crippen molar-refractivity contribution < 1.29 is 24.2 Å². The van der Waals surface area contributed by atoms with E-state index in [2.05, 4.69) is 85.2 Å². The van der Waals surface area contributed by atoms with Crippen LogP contribution in [0.5, 0.6) is 5.75 Å². The number of unbranched alkanes of at least 4 members (excludes halogenated alkanes) is 1. The molecular weight excluding hydrogens is 550 g/mol. The Labute approximate surface area is 266 Å². The summed E-state index contributed by atoms with van der Waals surface area (Å²) in [5, 5.41) is 13.6. The number of esters is 2. The third-order valence-electron chi connectivity index (χ3n) is 6.42. The summed E-state index contributed by atoms with van der Waals surface area (Å²) in [7, 11) is 0. The van der Waals surface area contributed by atoms with Crippen molar-refractivity contribution in [3.05, 3.63) is 103 Å². The van der Waals surface area contributed by atoms with Crippen molar-refractivity contribution in [2.75, 3.05) is 6.61 Å². The van der Waals surface area contributed by atoms with Gasteiger partial charge < -0.3 is 14.6 Å². The fourth-order valence-corrected chi connectivity index (χ4v) is 4.20. The number of nitrogens with one attached hydrogen (secondary N) is 1. The van der Waals surface area contributed by atoms with Crippen LogP contribution in [0.1, 0.15) is 102 Å². The standard InChI is InChI=1S/C38H55NO5/c1-5-7-8-9-10-11-12-13-14-15-16-17-18-19-20-21-22-23-24-25-30-36(40)39-34(31-32(3)4)38(42)44-35-29-27-26-28-33(35)37(41)43-6-2/h7-8,10-11,13-14,16-17,19-20,22-23,26-29,32,34,36,39-40H,5-6,9,12,15,18,21,24-25,30-31H2,1-4H3/b8-7-,11-10-,14-13-,17-16-,20-19-,23-22-. The van der Waals surface area contributed by atoms with Crippen LogP contribution in [-0.2, 0) is 9.53 Å². The number of hydrogen-bond donors (Lipinski definition) is 2. The molecule has 0 aliphatic rings. The van der Waals surface area contributed by atoms with Gasteiger partial charge in [0, 0.05) is 0 Å². The van der Waals surface area contributed by atoms with E-state index in [0.29, 0.717) is 12.8 Å². The molecule has 0 radical (unpaired) electrons. The molecule has 0 fully saturated rings. The van der Waals surface area contributed by atoms with E-state index in [1.54, 1.807) is 31.2 Å². The highest BCUT2D eigenvalue weighted by Gasteiger charge is 2.26. The molecule has 6 heteroatoms. The van der Waals surface area contributed by atoms with E-state index in [0.717, 1.165) is 51.4 Å². The van der Waals surface area contributed by atoms with Crippen molar-refractivity contribution in [1.82, 2.24) is 5.32 Å². The van der Waals surface area contributed by atoms with Crippen LogP contribution in [0.25, 0.3) is 0 Å². The molecule has 0 spiro atoms. The Morgan fingerprint density at radius 2 is 1.32 bits per heavy atom. The third-order valence-corrected chi connectivity index (χ3v) is 6.42. The molecule has 44 heavy (non-hydrogen) atoms. The lowest BCUT2D eigenvalue weighted by molar-refractivity contribution is -0.138. The summed E-state index contributed by atoms with van der Waals surface area (Å²) in [6.07, 6.45) is 33.8. The van der Waals surface area contributed by atoms with Crippen LogP contribution >= 0.6 is 0 Å². The Hall–Kier alpha value is -3.48. The van der Waals surface area contributed by atoms with Gasteiger partial charge in [0.25, 0.3) is 0 Å². The molecule has 0 aliphatic heterocycles. The monoisotopic (exact) mass is 605 g/mol. The minimum atomic E-state index is -0.842. The SMILES string of the molecule is CC/C=C\C/C=C\C/C=C\C/C=C\C/C=C\C/C=C\CCCC(O)NC(CC(C)C)C(=O)Oc1ccccc1C(=O)OCC. The first-order chi connectivity index (χ1) is 21.4. The highest BCUT2D eigenvalue weighted by atomic mass is 16.5. The Kier molecular flexibility index (Phi) is 22.7. The number of allylic oxidation sites excluding steroid dienone is 12. The van der Waals surface area contributed by atoms with Crippen molar-refractivity contribution in [2.24, 2.45) is 5.92 Å². The Morgan fingerprint density at radius 3 is 1.84 bits per heavy atom. The van der Waals surface area contributed by atoms with Crippen molar-refractivity contribution in [1.29, 1.82) is 0 Å². The molecule has 1 aromatic rings. The maximum atomic E-state index is 13.0. The first-order valence-electron chi connectivity index (χ1n) is 16.2. The fraction of sp³-hybridized carbons (Fsp3) is 0.474. The lowest BCUT2D eigenvalue weighted by atomic mass is 10.0. The smallest absolute Gasteiger partial charge is 0.341 e. The van der Waals surface area contributed by atoms with E-state index in [4.69, 9.17) is 9.47 Å². The molecule has 2 N–H and O–H groups in total. The predicted octanol–water partition coefficient (Wildman–Crippen LogP) is 8.96. The van der Waals surface area contributed by atoms with E-state index in [9.17, 15) is 14.7 Å². The van der Waals surface area contributed by atoms with Gasteiger partial charge in [0.2, 0.25) is 0 Å². The van der Waals surface area contributed by atoms with E-state index in [1.165, 1.54) is 0 Å². The Balaban J connectivity index is 2.32. The maximum absolute atomic E-state index is 13.0. The second kappa shape index (κ2) is 26.0. The van der Waals surface area contributed by atoms with Crippen LogP contribution in [0.15, 0.2) is 97.2 Å². The summed E-state index contributed by atoms with van der Waals surface area (Å²) in [5.74, 6) is -0.727. The summed E-state index contributed by atoms with van der Waals surface area (Å²) in [4.78, 5) is 25.2. The minimum Gasteiger partial charge on any atom is -0.462 e. The van der Waals surface area contributed by atoms with Gasteiger partial charge in [-0.1, -0.05) is 106 Å². The van der Waals surface area contributed by atoms with Gasteiger partial charge in [0.15, 0.2) is 0 Å². The zero-order valence-corrected chi connectivity index (χ0v) is 27.3. The van der Waals surface area contributed by atoms with Crippen LogP contribution < -0.4 is 10.1 Å². The van der Waals surface area contributed by atoms with E-state index in [-0.39, 0.29) is 23.8 Å². The molecule has 0 bridgehead atoms. The molecule has 0 aliphatic carbocycles. The maximum Gasteiger partial charge on any atom is 0.341 e. The number of aliphatic hydroxyl groups is 1. The average Bonchev–Trinajstić information content (AvgIpc) is 3.00. The van der Waals surface area contributed by atoms with Gasteiger partial charge in [0.05, 0.1) is 6.61 Å². The summed E-state index contributed by atoms with van der Waals surface area (Å²) in [6.45, 7) is 8.10. The Morgan fingerprint density at radius 1 is 0.795 bits per heavy atom. The fourth-order valence-electron chi connectivity index (χ4n) is 4.20. The first-order valence-corrected chi connectivity index (χ1v) is 16.2. The number of hydrogen-bond acceptors (Lipinski definition) is 6. The van der Waals surface area contributed by atoms with Crippen molar-refractivity contribution in [3.63, 3.8) is 0 Å². The van der Waals surface area contributed by atoms with Crippen LogP contribution in [-0.4, -0.2) is 35.9 Å². The molecule has 1 aromatic carbocycles. The van der Waals surface area contributed by atoms with Crippen molar-refractivity contribution in [2.45, 2.75) is 104 Å². The molecular formula is C38H55NO5. The topological polar surface area (TPSA) is 84.9 Å². The molecule has 2 atom stereocenters. The van der Waals surface area contributed by atoms with Gasteiger partial charge >= 0.3 is 11.9 Å². The van der Waals surface area contributed by atoms with E-state index in [1.807, 2.05) is 13.8 Å². The second-order valence-electron chi connectivity index (χ2n) is 10.8. The van der Waals surface area contributed by atoms with E-state index >= 15 is 0 Å². The summed E-state index contributed by atoms with van der Waals surface area (Å²) >= 11 is 0. The zero-order chi connectivity index (χ0) is 32.3. The van der Waals surface area contributed by atoms with Gasteiger partial charge in [-0.25, -0.2) is 9.59 Å². The van der Waals surface area contributed by atoms with Crippen LogP contribution in [0, 0.1) is 5.92 Å². The normalized spacial score (nSPS) is 13.9. The van der Waals surface area contributed by atoms with Crippen LogP contribution in [0.3, 0.4) is 0 Å². The van der Waals surface area contributed by atoms with Crippen LogP contribution in [0.4, 0.5) is 0 Å². The minimum absolute atomic E-state index is 0.152. The zero-order valence-electron chi connectivity index (χ0n) is 27.3. The van der Waals surface area contributed by atoms with E-state index < -0.39 is 24.2 Å². The van der Waals surface area contributed by atoms with Gasteiger partial charge in [-0.05, 0) is 89.2 Å². The second-order valence-corrected chi connectivity index (χ2v) is 10.8. The first kappa shape index (κ1) is 38.5.